The van der Waals surface area contributed by atoms with Crippen molar-refractivity contribution in [2.24, 2.45) is 0 Å². The predicted octanol–water partition coefficient (Wildman–Crippen LogP) is 4.02. The van der Waals surface area contributed by atoms with Crippen molar-refractivity contribution in [3.8, 4) is 5.81 Å². The van der Waals surface area contributed by atoms with E-state index < -0.39 is 8.22 Å². The van der Waals surface area contributed by atoms with Crippen LogP contribution in [0.3, 0.4) is 0 Å². The van der Waals surface area contributed by atoms with Gasteiger partial charge in [0.1, 0.15) is 5.81 Å². The highest BCUT2D eigenvalue weighted by atomic mass is 31.1. The van der Waals surface area contributed by atoms with Crippen molar-refractivity contribution in [2.75, 3.05) is 0 Å². The maximum absolute atomic E-state index is 9.56. The summed E-state index contributed by atoms with van der Waals surface area (Å²) in [7, 11) is -0.871. The molecule has 0 N–H and O–H groups in total. The summed E-state index contributed by atoms with van der Waals surface area (Å²) in [6.45, 7) is 17.4. The zero-order chi connectivity index (χ0) is 13.7. The summed E-state index contributed by atoms with van der Waals surface area (Å²) in [5.41, 5.74) is 0. The molecule has 100 valence electrons. The fourth-order valence-electron chi connectivity index (χ4n) is 2.29. The molecule has 0 unspecified atom stereocenters. The Labute approximate surface area is 109 Å². The van der Waals surface area contributed by atoms with E-state index in [2.05, 4.69) is 70.5 Å². The lowest BCUT2D eigenvalue weighted by atomic mass is 10.3. The molecule has 0 rings (SSSR count). The molecule has 0 radical (unpaired) electrons. The van der Waals surface area contributed by atoms with Crippen LogP contribution in [0.5, 0.6) is 0 Å². The first-order valence-electron chi connectivity index (χ1n) is 6.50. The second-order valence-corrected chi connectivity index (χ2v) is 7.23. The molecular formula is C13H28N3P. The highest BCUT2D eigenvalue weighted by molar-refractivity contribution is 7.57. The van der Waals surface area contributed by atoms with Crippen LogP contribution in [-0.4, -0.2) is 33.5 Å². The first-order valence-corrected chi connectivity index (χ1v) is 7.75. The number of hydrogen-bond donors (Lipinski definition) is 0. The van der Waals surface area contributed by atoms with E-state index in [1.165, 1.54) is 0 Å². The van der Waals surface area contributed by atoms with Crippen LogP contribution in [0.25, 0.3) is 0 Å². The van der Waals surface area contributed by atoms with Crippen LogP contribution in [-0.2, 0) is 0 Å². The molecule has 0 heterocycles. The van der Waals surface area contributed by atoms with E-state index in [-0.39, 0.29) is 0 Å². The molecule has 0 aromatic heterocycles. The summed E-state index contributed by atoms with van der Waals surface area (Å²) < 4.78 is 4.69. The second kappa shape index (κ2) is 7.31. The summed E-state index contributed by atoms with van der Waals surface area (Å²) >= 11 is 0. The predicted molar refractivity (Wildman–Crippen MR) is 76.8 cm³/mol. The monoisotopic (exact) mass is 257 g/mol. The Hall–Kier alpha value is -0.160. The minimum absolute atomic E-state index is 0.403. The third-order valence-corrected chi connectivity index (χ3v) is 5.54. The summed E-state index contributed by atoms with van der Waals surface area (Å²) in [5, 5.41) is 9.56. The van der Waals surface area contributed by atoms with E-state index in [9.17, 15) is 5.26 Å². The fourth-order valence-corrected chi connectivity index (χ4v) is 4.49. The number of hydrogen-bond acceptors (Lipinski definition) is 3. The van der Waals surface area contributed by atoms with Crippen molar-refractivity contribution >= 4 is 8.22 Å². The lowest BCUT2D eigenvalue weighted by Gasteiger charge is -2.43. The molecule has 0 spiro atoms. The number of nitriles is 1. The first kappa shape index (κ1) is 16.8. The van der Waals surface area contributed by atoms with E-state index in [4.69, 9.17) is 0 Å². The molecular weight excluding hydrogens is 229 g/mol. The van der Waals surface area contributed by atoms with Gasteiger partial charge in [-0.15, -0.1) is 0 Å². The van der Waals surface area contributed by atoms with Gasteiger partial charge < -0.3 is 0 Å². The van der Waals surface area contributed by atoms with Crippen LogP contribution in [0.15, 0.2) is 0 Å². The maximum Gasteiger partial charge on any atom is 0.153 e. The van der Waals surface area contributed by atoms with Crippen LogP contribution in [0.1, 0.15) is 55.4 Å². The van der Waals surface area contributed by atoms with E-state index >= 15 is 0 Å². The zero-order valence-corrected chi connectivity index (χ0v) is 13.5. The van der Waals surface area contributed by atoms with Gasteiger partial charge in [-0.05, 0) is 55.4 Å². The normalized spacial score (nSPS) is 12.8. The van der Waals surface area contributed by atoms with Crippen molar-refractivity contribution < 1.29 is 0 Å². The quantitative estimate of drug-likeness (QED) is 0.673. The van der Waals surface area contributed by atoms with Gasteiger partial charge >= 0.3 is 0 Å². The van der Waals surface area contributed by atoms with Gasteiger partial charge in [-0.25, -0.2) is 0 Å². The van der Waals surface area contributed by atoms with E-state index in [1.807, 2.05) is 0 Å². The van der Waals surface area contributed by atoms with Gasteiger partial charge in [0.2, 0.25) is 0 Å². The summed E-state index contributed by atoms with van der Waals surface area (Å²) in [5.74, 6) is 2.54. The minimum atomic E-state index is -0.871. The highest BCUT2D eigenvalue weighted by Crippen LogP contribution is 2.48. The molecule has 0 aliphatic heterocycles. The van der Waals surface area contributed by atoms with E-state index in [0.717, 1.165) is 0 Å². The van der Waals surface area contributed by atoms with E-state index in [0.29, 0.717) is 24.2 Å². The Balaban J connectivity index is 5.20. The van der Waals surface area contributed by atoms with Crippen molar-refractivity contribution in [3.63, 3.8) is 0 Å². The molecule has 0 fully saturated rings. The Kier molecular flexibility index (Phi) is 7.24. The lowest BCUT2D eigenvalue weighted by molar-refractivity contribution is 0.261. The van der Waals surface area contributed by atoms with Gasteiger partial charge in [-0.1, -0.05) is 0 Å². The smallest absolute Gasteiger partial charge is 0.153 e. The molecule has 4 heteroatoms. The SMILES string of the molecule is CC(C)N(C(C)C)P(C#N)N(C(C)C)C(C)C. The van der Waals surface area contributed by atoms with Crippen LogP contribution in [0.2, 0.25) is 0 Å². The van der Waals surface area contributed by atoms with Crippen LogP contribution in [0, 0.1) is 11.1 Å². The zero-order valence-electron chi connectivity index (χ0n) is 12.6. The molecule has 3 nitrogen and oxygen atoms in total. The van der Waals surface area contributed by atoms with Crippen molar-refractivity contribution in [3.05, 3.63) is 0 Å². The fraction of sp³-hybridized carbons (Fsp3) is 0.923. The highest BCUT2D eigenvalue weighted by Gasteiger charge is 2.32. The molecule has 0 saturated carbocycles. The standard InChI is InChI=1S/C13H28N3P/c1-10(2)15(11(3)4)17(9-14)16(12(5)6)13(7)8/h10-13H,1-8H3. The topological polar surface area (TPSA) is 30.3 Å². The average molecular weight is 257 g/mol. The van der Waals surface area contributed by atoms with E-state index in [1.54, 1.807) is 0 Å². The molecule has 0 bridgehead atoms. The minimum Gasteiger partial charge on any atom is -0.253 e. The summed E-state index contributed by atoms with van der Waals surface area (Å²) in [6.07, 6.45) is 0. The van der Waals surface area contributed by atoms with Crippen molar-refractivity contribution in [2.45, 2.75) is 79.6 Å². The molecule has 17 heavy (non-hydrogen) atoms. The second-order valence-electron chi connectivity index (χ2n) is 5.52. The molecule has 0 saturated heterocycles. The van der Waals surface area contributed by atoms with Gasteiger partial charge in [-0.3, -0.25) is 9.34 Å². The molecule has 0 amide bonds. The first-order chi connectivity index (χ1) is 7.73. The molecule has 0 aliphatic carbocycles. The maximum atomic E-state index is 9.56. The molecule has 0 aromatic rings. The van der Waals surface area contributed by atoms with Crippen LogP contribution >= 0.6 is 8.22 Å². The largest absolute Gasteiger partial charge is 0.253 e. The Morgan fingerprint density at radius 1 is 0.706 bits per heavy atom. The molecule has 0 atom stereocenters. The third-order valence-electron chi connectivity index (χ3n) is 2.64. The summed E-state index contributed by atoms with van der Waals surface area (Å²) in [4.78, 5) is 0. The van der Waals surface area contributed by atoms with Gasteiger partial charge in [0.05, 0.1) is 0 Å². The Bertz CT molecular complexity index is 220. The van der Waals surface area contributed by atoms with Crippen LogP contribution < -0.4 is 0 Å². The van der Waals surface area contributed by atoms with Gasteiger partial charge in [0, 0.05) is 24.2 Å². The molecule has 0 aliphatic rings. The van der Waals surface area contributed by atoms with Gasteiger partial charge in [0.25, 0.3) is 0 Å². The lowest BCUT2D eigenvalue weighted by Crippen LogP contribution is -2.42. The van der Waals surface area contributed by atoms with Crippen LogP contribution in [0.4, 0.5) is 0 Å². The van der Waals surface area contributed by atoms with Gasteiger partial charge in [-0.2, -0.15) is 5.26 Å². The third kappa shape index (κ3) is 4.54. The van der Waals surface area contributed by atoms with Crippen molar-refractivity contribution in [1.82, 2.24) is 9.34 Å². The summed E-state index contributed by atoms with van der Waals surface area (Å²) in [6, 6.07) is 1.61. The average Bonchev–Trinajstić information content (AvgIpc) is 2.13. The number of nitrogens with zero attached hydrogens (tertiary/aromatic N) is 3. The number of rotatable bonds is 6. The van der Waals surface area contributed by atoms with Gasteiger partial charge in [0.15, 0.2) is 8.22 Å². The molecule has 0 aromatic carbocycles. The Morgan fingerprint density at radius 3 is 1.06 bits per heavy atom. The Morgan fingerprint density at radius 2 is 0.941 bits per heavy atom. The van der Waals surface area contributed by atoms with Crippen molar-refractivity contribution in [1.29, 1.82) is 5.26 Å².